The highest BCUT2D eigenvalue weighted by molar-refractivity contribution is 5.93. The lowest BCUT2D eigenvalue weighted by molar-refractivity contribution is 0.103. The van der Waals surface area contributed by atoms with Crippen LogP contribution >= 0.6 is 0 Å². The van der Waals surface area contributed by atoms with Gasteiger partial charge in [0.2, 0.25) is 0 Å². The van der Waals surface area contributed by atoms with Crippen LogP contribution in [0.5, 0.6) is 5.75 Å². The number of fused-ring (bicyclic) bond motifs is 1. The average molecular weight is 272 g/mol. The molecule has 20 heavy (non-hydrogen) atoms. The number of nitrogens with zero attached hydrogens (tertiary/aromatic N) is 2. The molecule has 1 aromatic heterocycles. The molecule has 0 saturated carbocycles. The van der Waals surface area contributed by atoms with E-state index in [2.05, 4.69) is 16.8 Å². The summed E-state index contributed by atoms with van der Waals surface area (Å²) in [6, 6.07) is 8.02. The molecule has 2 aromatic rings. The number of methoxy groups -OCH3 is 1. The van der Waals surface area contributed by atoms with Gasteiger partial charge >= 0.3 is 0 Å². The summed E-state index contributed by atoms with van der Waals surface area (Å²) in [7, 11) is 1.67. The van der Waals surface area contributed by atoms with Gasteiger partial charge in [0.25, 0.3) is 0 Å². The van der Waals surface area contributed by atoms with Crippen molar-refractivity contribution in [2.24, 2.45) is 5.92 Å². The Morgan fingerprint density at radius 2 is 2.20 bits per heavy atom. The third-order valence-electron chi connectivity index (χ3n) is 4.17. The maximum atomic E-state index is 10.1. The van der Waals surface area contributed by atoms with Crippen molar-refractivity contribution in [1.29, 1.82) is 0 Å². The van der Waals surface area contributed by atoms with Gasteiger partial charge < -0.3 is 14.7 Å². The first kappa shape index (κ1) is 13.2. The van der Waals surface area contributed by atoms with Crippen molar-refractivity contribution in [2.45, 2.75) is 19.4 Å². The highest BCUT2D eigenvalue weighted by Gasteiger charge is 2.25. The van der Waals surface area contributed by atoms with Gasteiger partial charge in [-0.25, -0.2) is 4.98 Å². The summed E-state index contributed by atoms with van der Waals surface area (Å²) >= 11 is 0. The summed E-state index contributed by atoms with van der Waals surface area (Å²) in [6.45, 7) is 3.67. The van der Waals surface area contributed by atoms with Gasteiger partial charge in [0.05, 0.1) is 13.2 Å². The molecule has 1 aromatic carbocycles. The monoisotopic (exact) mass is 272 g/mol. The zero-order valence-corrected chi connectivity index (χ0v) is 11.9. The molecule has 3 rings (SSSR count). The summed E-state index contributed by atoms with van der Waals surface area (Å²) in [4.78, 5) is 6.70. The molecule has 4 heteroatoms. The predicted molar refractivity (Wildman–Crippen MR) is 80.3 cm³/mol. The van der Waals surface area contributed by atoms with Crippen LogP contribution in [0.15, 0.2) is 30.5 Å². The molecule has 4 nitrogen and oxygen atoms in total. The van der Waals surface area contributed by atoms with Crippen LogP contribution in [0.3, 0.4) is 0 Å². The van der Waals surface area contributed by atoms with E-state index in [0.29, 0.717) is 12.5 Å². The second kappa shape index (κ2) is 5.29. The molecule has 2 heterocycles. The number of ether oxygens (including phenoxy) is 1. The molecule has 1 fully saturated rings. The molecule has 0 radical (unpaired) electrons. The molecule has 1 aliphatic rings. The zero-order chi connectivity index (χ0) is 14.1. The van der Waals surface area contributed by atoms with E-state index in [4.69, 9.17) is 4.74 Å². The third kappa shape index (κ3) is 2.31. The topological polar surface area (TPSA) is 45.6 Å². The van der Waals surface area contributed by atoms with E-state index in [1.165, 1.54) is 0 Å². The molecule has 1 saturated heterocycles. The minimum absolute atomic E-state index is 0.286. The first-order chi connectivity index (χ1) is 9.69. The van der Waals surface area contributed by atoms with E-state index in [0.717, 1.165) is 35.3 Å². The van der Waals surface area contributed by atoms with E-state index in [1.54, 1.807) is 7.11 Å². The van der Waals surface area contributed by atoms with Crippen molar-refractivity contribution in [3.8, 4) is 5.75 Å². The smallest absolute Gasteiger partial charge is 0.136 e. The second-order valence-electron chi connectivity index (χ2n) is 5.50. The largest absolute Gasteiger partial charge is 0.497 e. The summed E-state index contributed by atoms with van der Waals surface area (Å²) in [5.41, 5.74) is 0. The van der Waals surface area contributed by atoms with Gasteiger partial charge in [-0.15, -0.1) is 0 Å². The van der Waals surface area contributed by atoms with Crippen molar-refractivity contribution in [3.05, 3.63) is 30.5 Å². The molecule has 2 atom stereocenters. The van der Waals surface area contributed by atoms with Crippen LogP contribution in [0.25, 0.3) is 10.8 Å². The Hall–Kier alpha value is -1.81. The Balaban J connectivity index is 2.02. The van der Waals surface area contributed by atoms with Crippen LogP contribution < -0.4 is 9.64 Å². The van der Waals surface area contributed by atoms with Crippen LogP contribution in [-0.4, -0.2) is 36.4 Å². The number of anilines is 1. The number of pyridine rings is 1. The fraction of sp³-hybridized carbons (Fsp3) is 0.438. The Labute approximate surface area is 119 Å². The van der Waals surface area contributed by atoms with E-state index in [-0.39, 0.29) is 6.10 Å². The zero-order valence-electron chi connectivity index (χ0n) is 11.9. The van der Waals surface area contributed by atoms with Crippen LogP contribution in [0.1, 0.15) is 13.3 Å². The summed E-state index contributed by atoms with van der Waals surface area (Å²) in [5, 5.41) is 12.3. The Morgan fingerprint density at radius 3 is 2.95 bits per heavy atom. The van der Waals surface area contributed by atoms with Crippen molar-refractivity contribution >= 4 is 16.6 Å². The number of benzene rings is 1. The normalized spacial score (nSPS) is 23.1. The van der Waals surface area contributed by atoms with E-state index < -0.39 is 0 Å². The number of piperidine rings is 1. The molecule has 106 valence electrons. The fourth-order valence-electron chi connectivity index (χ4n) is 2.75. The molecule has 1 N–H and O–H groups in total. The molecule has 2 unspecified atom stereocenters. The standard InChI is InChI=1S/C16H20N2O2/c1-11-6-8-18(10-15(11)19)16-14-9-13(20-2)4-3-12(14)5-7-17-16/h3-5,7,9,11,15,19H,6,8,10H2,1-2H3. The highest BCUT2D eigenvalue weighted by Crippen LogP contribution is 2.30. The summed E-state index contributed by atoms with van der Waals surface area (Å²) in [6.07, 6.45) is 2.53. The fourth-order valence-corrected chi connectivity index (χ4v) is 2.75. The first-order valence-corrected chi connectivity index (χ1v) is 7.05. The molecular formula is C16H20N2O2. The van der Waals surface area contributed by atoms with Crippen molar-refractivity contribution < 1.29 is 9.84 Å². The minimum atomic E-state index is -0.286. The lowest BCUT2D eigenvalue weighted by Crippen LogP contribution is -2.43. The van der Waals surface area contributed by atoms with Crippen LogP contribution in [0.2, 0.25) is 0 Å². The molecule has 0 bridgehead atoms. The van der Waals surface area contributed by atoms with Gasteiger partial charge in [0.1, 0.15) is 11.6 Å². The number of rotatable bonds is 2. The van der Waals surface area contributed by atoms with Gasteiger partial charge in [-0.1, -0.05) is 13.0 Å². The number of hydrogen-bond donors (Lipinski definition) is 1. The summed E-state index contributed by atoms with van der Waals surface area (Å²) in [5.74, 6) is 2.13. The Bertz CT molecular complexity index is 614. The summed E-state index contributed by atoms with van der Waals surface area (Å²) < 4.78 is 5.31. The molecule has 0 amide bonds. The van der Waals surface area contributed by atoms with Crippen LogP contribution in [-0.2, 0) is 0 Å². The third-order valence-corrected chi connectivity index (χ3v) is 4.17. The van der Waals surface area contributed by atoms with E-state index in [9.17, 15) is 5.11 Å². The molecular weight excluding hydrogens is 252 g/mol. The van der Waals surface area contributed by atoms with Crippen LogP contribution in [0, 0.1) is 5.92 Å². The van der Waals surface area contributed by atoms with Gasteiger partial charge in [-0.3, -0.25) is 0 Å². The number of aliphatic hydroxyl groups is 1. The van der Waals surface area contributed by atoms with Gasteiger partial charge in [-0.2, -0.15) is 0 Å². The van der Waals surface area contributed by atoms with E-state index in [1.807, 2.05) is 30.5 Å². The number of aromatic nitrogens is 1. The van der Waals surface area contributed by atoms with E-state index >= 15 is 0 Å². The molecule has 1 aliphatic heterocycles. The lowest BCUT2D eigenvalue weighted by atomic mass is 9.96. The maximum Gasteiger partial charge on any atom is 0.136 e. The van der Waals surface area contributed by atoms with Crippen molar-refractivity contribution in [3.63, 3.8) is 0 Å². The Kier molecular flexibility index (Phi) is 3.49. The molecule has 0 aliphatic carbocycles. The number of β-amino-alcohol motifs (C(OH)–C–C–N with tert-alkyl or cyclic N) is 1. The number of aliphatic hydroxyl groups excluding tert-OH is 1. The van der Waals surface area contributed by atoms with Crippen LogP contribution in [0.4, 0.5) is 5.82 Å². The van der Waals surface area contributed by atoms with Gasteiger partial charge in [-0.05, 0) is 35.9 Å². The van der Waals surface area contributed by atoms with Crippen molar-refractivity contribution in [1.82, 2.24) is 4.98 Å². The number of hydrogen-bond acceptors (Lipinski definition) is 4. The Morgan fingerprint density at radius 1 is 1.35 bits per heavy atom. The first-order valence-electron chi connectivity index (χ1n) is 7.05. The second-order valence-corrected chi connectivity index (χ2v) is 5.50. The molecule has 0 spiro atoms. The SMILES string of the molecule is COc1ccc2ccnc(N3CCC(C)C(O)C3)c2c1. The maximum absolute atomic E-state index is 10.1. The van der Waals surface area contributed by atoms with Gasteiger partial charge in [0, 0.05) is 24.7 Å². The quantitative estimate of drug-likeness (QED) is 0.912. The predicted octanol–water partition coefficient (Wildman–Crippen LogP) is 2.45. The average Bonchev–Trinajstić information content (AvgIpc) is 2.49. The van der Waals surface area contributed by atoms with Crippen molar-refractivity contribution in [2.75, 3.05) is 25.1 Å². The highest BCUT2D eigenvalue weighted by atomic mass is 16.5. The van der Waals surface area contributed by atoms with Gasteiger partial charge in [0.15, 0.2) is 0 Å². The lowest BCUT2D eigenvalue weighted by Gasteiger charge is -2.35. The minimum Gasteiger partial charge on any atom is -0.497 e.